The molecule has 0 heterocycles. The van der Waals surface area contributed by atoms with Gasteiger partial charge in [0.25, 0.3) is 0 Å². The summed E-state index contributed by atoms with van der Waals surface area (Å²) in [5.74, 6) is 0. The van der Waals surface area contributed by atoms with E-state index in [1.165, 1.54) is 5.56 Å². The Hall–Kier alpha value is -2.27. The average molecular weight is 403 g/mol. The van der Waals surface area contributed by atoms with Crippen molar-refractivity contribution in [3.05, 3.63) is 107 Å². The topological polar surface area (TPSA) is 40.5 Å². The van der Waals surface area contributed by atoms with E-state index in [1.807, 2.05) is 36.4 Å². The van der Waals surface area contributed by atoms with E-state index in [2.05, 4.69) is 43.5 Å². The number of rotatable bonds is 2. The van der Waals surface area contributed by atoms with Gasteiger partial charge in [-0.15, -0.1) is 0 Å². The first-order valence-electron chi connectivity index (χ1n) is 7.69. The Bertz CT molecular complexity index is 804. The lowest BCUT2D eigenvalue weighted by Gasteiger charge is -1.94. The number of halogens is 1. The highest BCUT2D eigenvalue weighted by atomic mass is 35.5. The average Bonchev–Trinajstić information content (AvgIpc) is 2.64. The number of aryl methyl sites for hydroxylation is 1. The molecule has 3 aromatic rings. The summed E-state index contributed by atoms with van der Waals surface area (Å²) in [5.41, 5.74) is 2.65. The quantitative estimate of drug-likeness (QED) is 0.480. The summed E-state index contributed by atoms with van der Waals surface area (Å²) >= 11 is 14.6. The van der Waals surface area contributed by atoms with E-state index in [1.54, 1.807) is 36.4 Å². The van der Waals surface area contributed by atoms with Gasteiger partial charge in [-0.25, -0.2) is 0 Å². The predicted octanol–water partition coefficient (Wildman–Crippen LogP) is 6.49. The second-order valence-electron chi connectivity index (χ2n) is 5.14. The molecule has 2 N–H and O–H groups in total. The Kier molecular flexibility index (Phi) is 10.2. The van der Waals surface area contributed by atoms with E-state index in [9.17, 15) is 0 Å². The maximum absolute atomic E-state index is 8.80. The first kappa shape index (κ1) is 21.8. The molecule has 0 fully saturated rings. The van der Waals surface area contributed by atoms with Crippen LogP contribution in [0.15, 0.2) is 84.9 Å². The monoisotopic (exact) mass is 402 g/mol. The Morgan fingerprint density at radius 2 is 1.04 bits per heavy atom. The van der Waals surface area contributed by atoms with Crippen molar-refractivity contribution in [2.75, 3.05) is 0 Å². The molecule has 26 heavy (non-hydrogen) atoms. The SMILES string of the molecule is Cc1ccccc1.OC(=S)c1ccc(Cl)cc1.OC(=S)c1ccccc1. The lowest BCUT2D eigenvalue weighted by Crippen LogP contribution is -1.92. The predicted molar refractivity (Wildman–Crippen MR) is 118 cm³/mol. The van der Waals surface area contributed by atoms with Crippen LogP contribution in [0.3, 0.4) is 0 Å². The molecule has 0 aliphatic rings. The number of hydrogen-bond acceptors (Lipinski definition) is 2. The molecule has 0 aliphatic carbocycles. The molecular weight excluding hydrogens is 384 g/mol. The van der Waals surface area contributed by atoms with Crippen molar-refractivity contribution in [2.45, 2.75) is 6.92 Å². The van der Waals surface area contributed by atoms with Gasteiger partial charge >= 0.3 is 0 Å². The number of hydrogen-bond donors (Lipinski definition) is 2. The molecular formula is C21H19ClO2S2. The van der Waals surface area contributed by atoms with Crippen LogP contribution in [0.5, 0.6) is 0 Å². The van der Waals surface area contributed by atoms with Crippen molar-refractivity contribution >= 4 is 46.1 Å². The summed E-state index contributed by atoms with van der Waals surface area (Å²) in [6.07, 6.45) is 0. The number of thiocarbonyl (C=S) groups is 2. The molecule has 3 rings (SSSR count). The minimum atomic E-state index is -0.100. The Morgan fingerprint density at radius 3 is 1.35 bits per heavy atom. The molecule has 0 saturated heterocycles. The minimum absolute atomic E-state index is 0.0457. The van der Waals surface area contributed by atoms with Gasteiger partial charge < -0.3 is 10.2 Å². The van der Waals surface area contributed by atoms with Crippen LogP contribution in [0.25, 0.3) is 0 Å². The molecule has 0 aliphatic heterocycles. The van der Waals surface area contributed by atoms with E-state index >= 15 is 0 Å². The van der Waals surface area contributed by atoms with Crippen molar-refractivity contribution in [1.82, 2.24) is 0 Å². The normalized spacial score (nSPS) is 9.00. The molecule has 0 aromatic heterocycles. The third kappa shape index (κ3) is 9.28. The maximum Gasteiger partial charge on any atom is 0.188 e. The van der Waals surface area contributed by atoms with Crippen LogP contribution in [0, 0.1) is 6.92 Å². The lowest BCUT2D eigenvalue weighted by atomic mass is 10.2. The van der Waals surface area contributed by atoms with Crippen LogP contribution in [0.1, 0.15) is 16.7 Å². The number of aliphatic hydroxyl groups is 2. The van der Waals surface area contributed by atoms with Gasteiger partial charge in [0.2, 0.25) is 0 Å². The fraction of sp³-hybridized carbons (Fsp3) is 0.0476. The van der Waals surface area contributed by atoms with Gasteiger partial charge in [-0.3, -0.25) is 0 Å². The Balaban J connectivity index is 0.000000198. The first-order chi connectivity index (χ1) is 12.4. The molecule has 5 heteroatoms. The van der Waals surface area contributed by atoms with Crippen molar-refractivity contribution < 1.29 is 10.2 Å². The molecule has 3 aromatic carbocycles. The van der Waals surface area contributed by atoms with E-state index < -0.39 is 0 Å². The van der Waals surface area contributed by atoms with Crippen molar-refractivity contribution in [3.63, 3.8) is 0 Å². The molecule has 0 radical (unpaired) electrons. The molecule has 0 amide bonds. The van der Waals surface area contributed by atoms with E-state index in [-0.39, 0.29) is 10.1 Å². The second kappa shape index (κ2) is 12.1. The zero-order valence-corrected chi connectivity index (χ0v) is 16.6. The van der Waals surface area contributed by atoms with Crippen LogP contribution in [-0.2, 0) is 0 Å². The van der Waals surface area contributed by atoms with Gasteiger partial charge in [-0.1, -0.05) is 77.8 Å². The molecule has 134 valence electrons. The summed E-state index contributed by atoms with van der Waals surface area (Å²) in [5, 5.41) is 18.1. The Morgan fingerprint density at radius 1 is 0.654 bits per heavy atom. The van der Waals surface area contributed by atoms with Gasteiger partial charge in [0.15, 0.2) is 10.1 Å². The zero-order valence-electron chi connectivity index (χ0n) is 14.2. The summed E-state index contributed by atoms with van der Waals surface area (Å²) < 4.78 is 0. The van der Waals surface area contributed by atoms with Crippen molar-refractivity contribution in [2.24, 2.45) is 0 Å². The second-order valence-corrected chi connectivity index (χ2v) is 6.35. The van der Waals surface area contributed by atoms with Gasteiger partial charge in [-0.2, -0.15) is 0 Å². The van der Waals surface area contributed by atoms with Crippen LogP contribution >= 0.6 is 36.0 Å². The minimum Gasteiger partial charge on any atom is -0.499 e. The highest BCUT2D eigenvalue weighted by Crippen LogP contribution is 2.09. The first-order valence-corrected chi connectivity index (χ1v) is 8.88. The standard InChI is InChI=1S/C7H5ClOS.C7H6OS.C7H8/c8-6-3-1-5(2-4-6)7(9)10;8-7(9)6-4-2-1-3-5-6;1-7-5-3-2-4-6-7/h1-4H,(H,9,10);1-5H,(H,8,9);2-6H,1H3. The molecule has 0 atom stereocenters. The molecule has 0 spiro atoms. The lowest BCUT2D eigenvalue weighted by molar-refractivity contribution is 0.570. The third-order valence-electron chi connectivity index (χ3n) is 3.05. The third-order valence-corrected chi connectivity index (χ3v) is 3.78. The highest BCUT2D eigenvalue weighted by molar-refractivity contribution is 7.80. The molecule has 2 nitrogen and oxygen atoms in total. The highest BCUT2D eigenvalue weighted by Gasteiger charge is 1.95. The van der Waals surface area contributed by atoms with Gasteiger partial charge in [0.05, 0.1) is 0 Å². The van der Waals surface area contributed by atoms with Crippen LogP contribution in [0.4, 0.5) is 0 Å². The van der Waals surface area contributed by atoms with Gasteiger partial charge in [0.1, 0.15) is 0 Å². The van der Waals surface area contributed by atoms with E-state index in [0.29, 0.717) is 16.1 Å². The van der Waals surface area contributed by atoms with Gasteiger partial charge in [0, 0.05) is 16.1 Å². The van der Waals surface area contributed by atoms with E-state index in [4.69, 9.17) is 21.8 Å². The number of aliphatic hydroxyl groups excluding tert-OH is 2. The van der Waals surface area contributed by atoms with Crippen molar-refractivity contribution in [1.29, 1.82) is 0 Å². The summed E-state index contributed by atoms with van der Waals surface area (Å²) in [6.45, 7) is 2.08. The Labute approximate surface area is 169 Å². The summed E-state index contributed by atoms with van der Waals surface area (Å²) in [7, 11) is 0. The zero-order chi connectivity index (χ0) is 19.4. The van der Waals surface area contributed by atoms with Crippen molar-refractivity contribution in [3.8, 4) is 0 Å². The van der Waals surface area contributed by atoms with Crippen LogP contribution in [-0.4, -0.2) is 20.3 Å². The largest absolute Gasteiger partial charge is 0.499 e. The summed E-state index contributed by atoms with van der Waals surface area (Å²) in [6, 6.07) is 26.0. The van der Waals surface area contributed by atoms with Crippen LogP contribution < -0.4 is 0 Å². The van der Waals surface area contributed by atoms with Gasteiger partial charge in [-0.05, 0) is 55.6 Å². The molecule has 0 saturated carbocycles. The fourth-order valence-corrected chi connectivity index (χ4v) is 2.11. The number of benzene rings is 3. The smallest absolute Gasteiger partial charge is 0.188 e. The maximum atomic E-state index is 8.80. The van der Waals surface area contributed by atoms with E-state index in [0.717, 1.165) is 0 Å². The molecule has 0 bridgehead atoms. The molecule has 0 unspecified atom stereocenters. The van der Waals surface area contributed by atoms with Crippen LogP contribution in [0.2, 0.25) is 5.02 Å². The fourth-order valence-electron chi connectivity index (χ4n) is 1.71. The summed E-state index contributed by atoms with van der Waals surface area (Å²) in [4.78, 5) is 0.